The molecule has 1 aliphatic heterocycles. The fraction of sp³-hybridized carbons (Fsp3) is 0.462. The van der Waals surface area contributed by atoms with E-state index in [4.69, 9.17) is 4.74 Å². The number of carbonyl (C=O) groups excluding carboxylic acids is 1. The quantitative estimate of drug-likeness (QED) is 0.608. The number of hydrogen-bond donors (Lipinski definition) is 0. The molecular formula is C13H17NO2S. The standard InChI is InChI=1S/C13H17NO2S/c1-2-11(10-15)9-12-3-4-13(17-12)14-5-7-16-8-6-14/h3-4,9-10H,2,5-8H2,1H3. The second-order valence-electron chi connectivity index (χ2n) is 3.97. The van der Waals surface area contributed by atoms with Crippen molar-refractivity contribution in [2.75, 3.05) is 31.2 Å². The first-order valence-electron chi connectivity index (χ1n) is 5.91. The maximum atomic E-state index is 10.8. The first-order valence-corrected chi connectivity index (χ1v) is 6.73. The molecule has 1 aliphatic rings. The normalized spacial score (nSPS) is 17.2. The van der Waals surface area contributed by atoms with Gasteiger partial charge >= 0.3 is 0 Å². The minimum atomic E-state index is 0.786. The van der Waals surface area contributed by atoms with Crippen molar-refractivity contribution in [3.8, 4) is 0 Å². The molecular weight excluding hydrogens is 234 g/mol. The molecule has 0 radical (unpaired) electrons. The summed E-state index contributed by atoms with van der Waals surface area (Å²) in [5.74, 6) is 0. The number of ether oxygens (including phenoxy) is 1. The second kappa shape index (κ2) is 5.98. The summed E-state index contributed by atoms with van der Waals surface area (Å²) in [6, 6.07) is 4.20. The van der Waals surface area contributed by atoms with Gasteiger partial charge in [0, 0.05) is 18.0 Å². The number of rotatable bonds is 4. The lowest BCUT2D eigenvalue weighted by Gasteiger charge is -2.27. The Balaban J connectivity index is 2.09. The highest BCUT2D eigenvalue weighted by Crippen LogP contribution is 2.28. The Hall–Kier alpha value is -1.13. The highest BCUT2D eigenvalue weighted by Gasteiger charge is 2.12. The molecule has 2 rings (SSSR count). The summed E-state index contributed by atoms with van der Waals surface area (Å²) in [4.78, 5) is 14.2. The molecule has 1 fully saturated rings. The van der Waals surface area contributed by atoms with Crippen molar-refractivity contribution in [3.05, 3.63) is 22.6 Å². The van der Waals surface area contributed by atoms with Crippen LogP contribution in [0.4, 0.5) is 5.00 Å². The minimum Gasteiger partial charge on any atom is -0.378 e. The summed E-state index contributed by atoms with van der Waals surface area (Å²) in [7, 11) is 0. The van der Waals surface area contributed by atoms with Gasteiger partial charge in [-0.15, -0.1) is 11.3 Å². The van der Waals surface area contributed by atoms with Crippen molar-refractivity contribution in [1.82, 2.24) is 0 Å². The monoisotopic (exact) mass is 251 g/mol. The first-order chi connectivity index (χ1) is 8.33. The van der Waals surface area contributed by atoms with E-state index in [1.807, 2.05) is 13.0 Å². The number of carbonyl (C=O) groups is 1. The second-order valence-corrected chi connectivity index (χ2v) is 5.06. The number of nitrogens with zero attached hydrogens (tertiary/aromatic N) is 1. The van der Waals surface area contributed by atoms with Gasteiger partial charge in [-0.05, 0) is 30.2 Å². The maximum Gasteiger partial charge on any atom is 0.146 e. The van der Waals surface area contributed by atoms with Gasteiger partial charge in [0.2, 0.25) is 0 Å². The maximum absolute atomic E-state index is 10.8. The molecule has 3 nitrogen and oxygen atoms in total. The van der Waals surface area contributed by atoms with Crippen LogP contribution in [0.5, 0.6) is 0 Å². The van der Waals surface area contributed by atoms with Gasteiger partial charge in [-0.2, -0.15) is 0 Å². The molecule has 0 amide bonds. The van der Waals surface area contributed by atoms with Crippen molar-refractivity contribution in [2.24, 2.45) is 0 Å². The summed E-state index contributed by atoms with van der Waals surface area (Å²) < 4.78 is 5.33. The van der Waals surface area contributed by atoms with E-state index in [-0.39, 0.29) is 0 Å². The predicted molar refractivity (Wildman–Crippen MR) is 71.7 cm³/mol. The number of anilines is 1. The summed E-state index contributed by atoms with van der Waals surface area (Å²) >= 11 is 1.73. The van der Waals surface area contributed by atoms with Gasteiger partial charge in [0.1, 0.15) is 6.29 Å². The zero-order valence-corrected chi connectivity index (χ0v) is 10.8. The van der Waals surface area contributed by atoms with Crippen molar-refractivity contribution < 1.29 is 9.53 Å². The average molecular weight is 251 g/mol. The molecule has 2 heterocycles. The summed E-state index contributed by atoms with van der Waals surface area (Å²) in [6.07, 6.45) is 3.70. The molecule has 0 aromatic carbocycles. The van der Waals surface area contributed by atoms with E-state index < -0.39 is 0 Å². The van der Waals surface area contributed by atoms with E-state index >= 15 is 0 Å². The molecule has 1 aromatic heterocycles. The van der Waals surface area contributed by atoms with Crippen LogP contribution in [0.2, 0.25) is 0 Å². The van der Waals surface area contributed by atoms with Gasteiger partial charge < -0.3 is 9.64 Å². The van der Waals surface area contributed by atoms with E-state index in [2.05, 4.69) is 17.0 Å². The third-order valence-corrected chi connectivity index (χ3v) is 3.92. The van der Waals surface area contributed by atoms with E-state index in [0.29, 0.717) is 0 Å². The Labute approximate surface area is 106 Å². The van der Waals surface area contributed by atoms with Gasteiger partial charge in [-0.1, -0.05) is 6.92 Å². The third kappa shape index (κ3) is 3.17. The van der Waals surface area contributed by atoms with Crippen LogP contribution in [-0.4, -0.2) is 32.6 Å². The average Bonchev–Trinajstić information content (AvgIpc) is 2.85. The summed E-state index contributed by atoms with van der Waals surface area (Å²) in [5, 5.41) is 1.26. The molecule has 92 valence electrons. The molecule has 0 aliphatic carbocycles. The molecule has 0 N–H and O–H groups in total. The molecule has 0 spiro atoms. The van der Waals surface area contributed by atoms with Gasteiger partial charge in [0.25, 0.3) is 0 Å². The Kier molecular flexibility index (Phi) is 4.34. The zero-order valence-electron chi connectivity index (χ0n) is 10.0. The van der Waals surface area contributed by atoms with Crippen molar-refractivity contribution >= 4 is 28.7 Å². The molecule has 0 saturated carbocycles. The molecule has 17 heavy (non-hydrogen) atoms. The molecule has 0 bridgehead atoms. The summed E-state index contributed by atoms with van der Waals surface area (Å²) in [6.45, 7) is 5.52. The molecule has 4 heteroatoms. The van der Waals surface area contributed by atoms with Crippen LogP contribution in [0.15, 0.2) is 17.7 Å². The highest BCUT2D eigenvalue weighted by atomic mass is 32.1. The van der Waals surface area contributed by atoms with Gasteiger partial charge in [-0.3, -0.25) is 4.79 Å². The Bertz CT molecular complexity index is 405. The molecule has 1 saturated heterocycles. The van der Waals surface area contributed by atoms with Crippen LogP contribution in [-0.2, 0) is 9.53 Å². The van der Waals surface area contributed by atoms with Crippen LogP contribution in [0, 0.1) is 0 Å². The van der Waals surface area contributed by atoms with Gasteiger partial charge in [-0.25, -0.2) is 0 Å². The Morgan fingerprint density at radius 1 is 1.47 bits per heavy atom. The first kappa shape index (κ1) is 12.3. The SMILES string of the molecule is CCC(C=O)=Cc1ccc(N2CCOCC2)s1. The van der Waals surface area contributed by atoms with Crippen molar-refractivity contribution in [2.45, 2.75) is 13.3 Å². The third-order valence-electron chi connectivity index (χ3n) is 2.82. The molecule has 0 atom stereocenters. The van der Waals surface area contributed by atoms with E-state index in [9.17, 15) is 4.79 Å². The Morgan fingerprint density at radius 3 is 2.88 bits per heavy atom. The largest absolute Gasteiger partial charge is 0.378 e. The van der Waals surface area contributed by atoms with E-state index in [1.165, 1.54) is 5.00 Å². The number of allylic oxidation sites excluding steroid dienone is 1. The van der Waals surface area contributed by atoms with Crippen LogP contribution in [0.3, 0.4) is 0 Å². The lowest BCUT2D eigenvalue weighted by molar-refractivity contribution is -0.104. The number of aldehydes is 1. The minimum absolute atomic E-state index is 0.786. The van der Waals surface area contributed by atoms with Gasteiger partial charge in [0.15, 0.2) is 0 Å². The highest BCUT2D eigenvalue weighted by molar-refractivity contribution is 7.16. The Morgan fingerprint density at radius 2 is 2.24 bits per heavy atom. The van der Waals surface area contributed by atoms with Crippen molar-refractivity contribution in [3.63, 3.8) is 0 Å². The number of morpholine rings is 1. The van der Waals surface area contributed by atoms with Crippen LogP contribution >= 0.6 is 11.3 Å². The smallest absolute Gasteiger partial charge is 0.146 e. The molecule has 0 unspecified atom stereocenters. The zero-order chi connectivity index (χ0) is 12.1. The van der Waals surface area contributed by atoms with Crippen molar-refractivity contribution in [1.29, 1.82) is 0 Å². The van der Waals surface area contributed by atoms with E-state index in [0.717, 1.165) is 49.5 Å². The topological polar surface area (TPSA) is 29.5 Å². The van der Waals surface area contributed by atoms with Crippen LogP contribution < -0.4 is 4.90 Å². The van der Waals surface area contributed by atoms with Gasteiger partial charge in [0.05, 0.1) is 18.2 Å². The lowest BCUT2D eigenvalue weighted by Crippen LogP contribution is -2.35. The predicted octanol–water partition coefficient (Wildman–Crippen LogP) is 2.58. The lowest BCUT2D eigenvalue weighted by atomic mass is 10.2. The number of hydrogen-bond acceptors (Lipinski definition) is 4. The van der Waals surface area contributed by atoms with E-state index in [1.54, 1.807) is 11.3 Å². The summed E-state index contributed by atoms with van der Waals surface area (Å²) in [5.41, 5.74) is 0.848. The van der Waals surface area contributed by atoms with Crippen LogP contribution in [0.1, 0.15) is 18.2 Å². The molecule has 1 aromatic rings. The fourth-order valence-electron chi connectivity index (χ4n) is 1.78. The number of thiophene rings is 1. The van der Waals surface area contributed by atoms with Crippen LogP contribution in [0.25, 0.3) is 6.08 Å². The fourth-order valence-corrected chi connectivity index (χ4v) is 2.81.